The maximum absolute atomic E-state index is 3.88. The molecule has 172 valence electrons. The van der Waals surface area contributed by atoms with Gasteiger partial charge in [0.2, 0.25) is 0 Å². The van der Waals surface area contributed by atoms with Gasteiger partial charge in [-0.3, -0.25) is 0 Å². The fraction of sp³-hybridized carbons (Fsp3) is 0.188. The van der Waals surface area contributed by atoms with E-state index < -0.39 is 0 Å². The van der Waals surface area contributed by atoms with E-state index in [2.05, 4.69) is 145 Å². The number of anilines is 1. The highest BCUT2D eigenvalue weighted by atomic mass is 79.9. The second-order valence-corrected chi connectivity index (χ2v) is 9.96. The molecule has 2 unspecified atom stereocenters. The molecular weight excluding hydrogens is 478 g/mol. The molecule has 0 aromatic heterocycles. The molecule has 0 aliphatic heterocycles. The van der Waals surface area contributed by atoms with Crippen molar-refractivity contribution < 1.29 is 0 Å². The van der Waals surface area contributed by atoms with Crippen LogP contribution in [0.15, 0.2) is 126 Å². The van der Waals surface area contributed by atoms with Crippen LogP contribution in [0.5, 0.6) is 0 Å². The molecule has 0 saturated heterocycles. The maximum Gasteiger partial charge on any atom is 0.0455 e. The minimum Gasteiger partial charge on any atom is -0.318 e. The Bertz CT molecular complexity index is 1180. The van der Waals surface area contributed by atoms with E-state index in [1.54, 1.807) is 0 Å². The monoisotopic (exact) mass is 509 g/mol. The molecule has 0 N–H and O–H groups in total. The zero-order valence-corrected chi connectivity index (χ0v) is 21.6. The Hall–Kier alpha value is -3.10. The first kappa shape index (κ1) is 24.0. The second-order valence-electron chi connectivity index (χ2n) is 9.05. The van der Waals surface area contributed by atoms with Crippen LogP contribution in [0.2, 0.25) is 0 Å². The normalized spacial score (nSPS) is 16.3. The molecule has 3 aromatic carbocycles. The Kier molecular flexibility index (Phi) is 8.03. The summed E-state index contributed by atoms with van der Waals surface area (Å²) < 4.78 is 1.10. The van der Waals surface area contributed by atoms with E-state index in [0.29, 0.717) is 11.8 Å². The summed E-state index contributed by atoms with van der Waals surface area (Å²) in [7, 11) is 0. The van der Waals surface area contributed by atoms with Crippen molar-refractivity contribution in [1.29, 1.82) is 0 Å². The van der Waals surface area contributed by atoms with Crippen LogP contribution in [0.3, 0.4) is 0 Å². The average molecular weight is 511 g/mol. The number of nitrogens with zero attached hydrogens (tertiary/aromatic N) is 1. The molecule has 0 amide bonds. The van der Waals surface area contributed by atoms with Gasteiger partial charge in [0.25, 0.3) is 0 Å². The molecule has 0 bridgehead atoms. The molecule has 2 atom stereocenters. The predicted molar refractivity (Wildman–Crippen MR) is 152 cm³/mol. The zero-order chi connectivity index (χ0) is 23.9. The standard InChI is InChI=1S/C32H32BrN/c1-4-5-24(2)22-23-34(31-18-6-25(3)7-19-31)32-20-14-29(15-21-32)27-10-8-26(9-11-27)28-12-16-30(33)17-13-28/h4,6,8-25H,1,5,7H2,2-3H3/b23-22-. The van der Waals surface area contributed by atoms with Crippen LogP contribution < -0.4 is 4.90 Å². The number of hydrogen-bond acceptors (Lipinski definition) is 1. The van der Waals surface area contributed by atoms with E-state index >= 15 is 0 Å². The van der Waals surface area contributed by atoms with Gasteiger partial charge in [-0.05, 0) is 77.3 Å². The maximum atomic E-state index is 3.88. The number of benzene rings is 3. The van der Waals surface area contributed by atoms with Crippen LogP contribution in [0.1, 0.15) is 26.7 Å². The van der Waals surface area contributed by atoms with Gasteiger partial charge < -0.3 is 4.90 Å². The Morgan fingerprint density at radius 1 is 0.912 bits per heavy atom. The van der Waals surface area contributed by atoms with Crippen molar-refractivity contribution in [2.24, 2.45) is 11.8 Å². The quantitative estimate of drug-likeness (QED) is 0.273. The third-order valence-corrected chi connectivity index (χ3v) is 6.74. The minimum atomic E-state index is 0.454. The summed E-state index contributed by atoms with van der Waals surface area (Å²) in [6.07, 6.45) is 15.4. The molecule has 2 heteroatoms. The Morgan fingerprint density at radius 2 is 1.44 bits per heavy atom. The predicted octanol–water partition coefficient (Wildman–Crippen LogP) is 9.80. The summed E-state index contributed by atoms with van der Waals surface area (Å²) in [6.45, 7) is 8.36. The highest BCUT2D eigenvalue weighted by Gasteiger charge is 2.12. The van der Waals surface area contributed by atoms with Gasteiger partial charge in [-0.15, -0.1) is 6.58 Å². The van der Waals surface area contributed by atoms with Crippen LogP contribution >= 0.6 is 15.9 Å². The number of halogens is 1. The summed E-state index contributed by atoms with van der Waals surface area (Å²) in [4.78, 5) is 2.29. The molecule has 0 spiro atoms. The van der Waals surface area contributed by atoms with Crippen LogP contribution in [-0.4, -0.2) is 0 Å². The molecule has 0 fully saturated rings. The van der Waals surface area contributed by atoms with E-state index in [4.69, 9.17) is 0 Å². The fourth-order valence-corrected chi connectivity index (χ4v) is 4.37. The fourth-order valence-electron chi connectivity index (χ4n) is 4.10. The summed E-state index contributed by atoms with van der Waals surface area (Å²) in [5.41, 5.74) is 7.29. The first-order valence-electron chi connectivity index (χ1n) is 12.0. The van der Waals surface area contributed by atoms with Gasteiger partial charge in [-0.2, -0.15) is 0 Å². The van der Waals surface area contributed by atoms with Gasteiger partial charge in [0.1, 0.15) is 0 Å². The first-order chi connectivity index (χ1) is 16.5. The molecule has 0 saturated carbocycles. The van der Waals surface area contributed by atoms with Crippen molar-refractivity contribution >= 4 is 21.6 Å². The van der Waals surface area contributed by atoms with Crippen LogP contribution in [0, 0.1) is 11.8 Å². The summed E-state index contributed by atoms with van der Waals surface area (Å²) >= 11 is 3.51. The third-order valence-electron chi connectivity index (χ3n) is 6.22. The van der Waals surface area contributed by atoms with Crippen LogP contribution in [-0.2, 0) is 0 Å². The molecule has 1 aliphatic carbocycles. The Balaban J connectivity index is 1.56. The summed E-state index contributed by atoms with van der Waals surface area (Å²) in [6, 6.07) is 26.1. The topological polar surface area (TPSA) is 3.24 Å². The highest BCUT2D eigenvalue weighted by molar-refractivity contribution is 9.10. The van der Waals surface area contributed by atoms with Gasteiger partial charge in [-0.1, -0.05) is 103 Å². The van der Waals surface area contributed by atoms with E-state index in [9.17, 15) is 0 Å². The third kappa shape index (κ3) is 6.07. The number of allylic oxidation sites excluding steroid dienone is 5. The van der Waals surface area contributed by atoms with Gasteiger partial charge >= 0.3 is 0 Å². The lowest BCUT2D eigenvalue weighted by Gasteiger charge is -2.25. The van der Waals surface area contributed by atoms with Crippen molar-refractivity contribution in [3.63, 3.8) is 0 Å². The minimum absolute atomic E-state index is 0.454. The van der Waals surface area contributed by atoms with E-state index in [-0.39, 0.29) is 0 Å². The van der Waals surface area contributed by atoms with Gasteiger partial charge in [0.15, 0.2) is 0 Å². The van der Waals surface area contributed by atoms with E-state index in [1.165, 1.54) is 33.6 Å². The van der Waals surface area contributed by atoms with Crippen molar-refractivity contribution in [3.8, 4) is 22.3 Å². The molecule has 1 nitrogen and oxygen atoms in total. The molecule has 0 radical (unpaired) electrons. The Labute approximate surface area is 213 Å². The van der Waals surface area contributed by atoms with Gasteiger partial charge in [0.05, 0.1) is 0 Å². The van der Waals surface area contributed by atoms with E-state index in [1.807, 2.05) is 6.08 Å². The van der Waals surface area contributed by atoms with Gasteiger partial charge in [0, 0.05) is 22.1 Å². The molecule has 0 heterocycles. The van der Waals surface area contributed by atoms with Crippen molar-refractivity contribution in [1.82, 2.24) is 0 Å². The summed E-state index contributed by atoms with van der Waals surface area (Å²) in [5.74, 6) is 1.05. The molecule has 34 heavy (non-hydrogen) atoms. The van der Waals surface area contributed by atoms with Crippen LogP contribution in [0.25, 0.3) is 22.3 Å². The zero-order valence-electron chi connectivity index (χ0n) is 20.0. The first-order valence-corrected chi connectivity index (χ1v) is 12.8. The highest BCUT2D eigenvalue weighted by Crippen LogP contribution is 2.30. The lowest BCUT2D eigenvalue weighted by molar-refractivity contribution is 0.726. The van der Waals surface area contributed by atoms with Crippen molar-refractivity contribution in [2.75, 3.05) is 4.90 Å². The van der Waals surface area contributed by atoms with E-state index in [0.717, 1.165) is 17.3 Å². The van der Waals surface area contributed by atoms with Crippen molar-refractivity contribution in [3.05, 3.63) is 126 Å². The lowest BCUT2D eigenvalue weighted by Crippen LogP contribution is -2.16. The smallest absolute Gasteiger partial charge is 0.0455 e. The molecule has 3 aromatic rings. The second kappa shape index (κ2) is 11.4. The molecular formula is C32H32BrN. The van der Waals surface area contributed by atoms with Crippen LogP contribution in [0.4, 0.5) is 5.69 Å². The Morgan fingerprint density at radius 3 is 1.94 bits per heavy atom. The van der Waals surface area contributed by atoms with Gasteiger partial charge in [-0.25, -0.2) is 0 Å². The number of hydrogen-bond donors (Lipinski definition) is 0. The van der Waals surface area contributed by atoms with Crippen molar-refractivity contribution in [2.45, 2.75) is 26.7 Å². The largest absolute Gasteiger partial charge is 0.318 e. The molecule has 1 aliphatic rings. The molecule has 4 rings (SSSR count). The average Bonchev–Trinajstić information content (AvgIpc) is 2.86. The number of rotatable bonds is 8. The SMILES string of the molecule is C=CCC(C)/C=C\N(C1=CCC(C)C=C1)c1ccc(-c2ccc(-c3ccc(Br)cc3)cc2)cc1. The lowest BCUT2D eigenvalue weighted by atomic mass is 9.99. The summed E-state index contributed by atoms with van der Waals surface area (Å²) in [5, 5.41) is 0.